The van der Waals surface area contributed by atoms with Gasteiger partial charge < -0.3 is 14.8 Å². The number of carbonyl (C=O) groups excluding carboxylic acids is 2. The number of hydrogen-bond acceptors (Lipinski definition) is 4. The first-order valence-electron chi connectivity index (χ1n) is 5.23. The molecule has 0 aliphatic rings. The number of alkyl halides is 1. The van der Waals surface area contributed by atoms with Gasteiger partial charge in [0.2, 0.25) is 0 Å². The van der Waals surface area contributed by atoms with Crippen LogP contribution in [0.15, 0.2) is 0 Å². The maximum Gasteiger partial charge on any atom is 0.408 e. The van der Waals surface area contributed by atoms with Gasteiger partial charge in [-0.3, -0.25) is 0 Å². The van der Waals surface area contributed by atoms with Crippen molar-refractivity contribution in [2.45, 2.75) is 51.9 Å². The number of hydrogen-bond donors (Lipinski definition) is 1. The van der Waals surface area contributed by atoms with Gasteiger partial charge in [-0.2, -0.15) is 0 Å². The third kappa shape index (κ3) is 6.09. The van der Waals surface area contributed by atoms with E-state index in [0.29, 0.717) is 0 Å². The molecule has 0 unspecified atom stereocenters. The van der Waals surface area contributed by atoms with Crippen LogP contribution in [0, 0.1) is 0 Å². The number of amides is 1. The largest absolute Gasteiger partial charge is 0.467 e. The minimum absolute atomic E-state index is 0.717. The van der Waals surface area contributed by atoms with Gasteiger partial charge in [-0.1, -0.05) is 0 Å². The van der Waals surface area contributed by atoms with Gasteiger partial charge in [0.1, 0.15) is 11.3 Å². The van der Waals surface area contributed by atoms with Crippen LogP contribution in [0.1, 0.15) is 34.6 Å². The van der Waals surface area contributed by atoms with Crippen molar-refractivity contribution in [1.82, 2.24) is 5.32 Å². The van der Waals surface area contributed by atoms with E-state index in [1.807, 2.05) is 0 Å². The summed E-state index contributed by atoms with van der Waals surface area (Å²) in [5, 5.41) is 2.15. The predicted molar refractivity (Wildman–Crippen MR) is 60.4 cm³/mol. The third-order valence-corrected chi connectivity index (χ3v) is 1.78. The van der Waals surface area contributed by atoms with Gasteiger partial charge in [-0.25, -0.2) is 14.0 Å². The lowest BCUT2D eigenvalue weighted by molar-refractivity contribution is -0.146. The van der Waals surface area contributed by atoms with Crippen LogP contribution >= 0.6 is 0 Å². The zero-order valence-corrected chi connectivity index (χ0v) is 11.1. The molecule has 0 rings (SSSR count). The molecule has 0 saturated carbocycles. The van der Waals surface area contributed by atoms with E-state index in [9.17, 15) is 14.0 Å². The van der Waals surface area contributed by atoms with E-state index in [1.165, 1.54) is 13.8 Å². The molecule has 0 aromatic rings. The van der Waals surface area contributed by atoms with E-state index in [-0.39, 0.29) is 0 Å². The number of alkyl carbamates (subject to hydrolysis) is 1. The second kappa shape index (κ2) is 5.33. The van der Waals surface area contributed by atoms with Gasteiger partial charge in [0.15, 0.2) is 6.04 Å². The van der Waals surface area contributed by atoms with Crippen LogP contribution in [0.5, 0.6) is 0 Å². The van der Waals surface area contributed by atoms with Crippen molar-refractivity contribution < 1.29 is 23.5 Å². The summed E-state index contributed by atoms with van der Waals surface area (Å²) in [7, 11) is 1.12. The standard InChI is InChI=1S/C11H20FNO4/c1-10(2,3)17-9(15)13-7(8(14)16-6)11(4,5)12/h7H,1-6H3,(H,13,15)/t7-/m1/s1. The number of ether oxygens (including phenoxy) is 2. The van der Waals surface area contributed by atoms with Crippen molar-refractivity contribution >= 4 is 12.1 Å². The molecule has 0 heterocycles. The number of rotatable bonds is 3. The number of halogens is 1. The van der Waals surface area contributed by atoms with Gasteiger partial charge in [0, 0.05) is 0 Å². The first kappa shape index (κ1) is 15.7. The van der Waals surface area contributed by atoms with Crippen LogP contribution in [0.2, 0.25) is 0 Å². The Balaban J connectivity index is 4.67. The van der Waals surface area contributed by atoms with Crippen LogP contribution in [0.3, 0.4) is 0 Å². The monoisotopic (exact) mass is 249 g/mol. The summed E-state index contributed by atoms with van der Waals surface area (Å²) in [5.74, 6) is -0.858. The SMILES string of the molecule is COC(=O)[C@@H](NC(=O)OC(C)(C)C)C(C)(C)F. The van der Waals surface area contributed by atoms with Crippen molar-refractivity contribution in [2.75, 3.05) is 7.11 Å². The van der Waals surface area contributed by atoms with E-state index in [0.717, 1.165) is 7.11 Å². The van der Waals surface area contributed by atoms with Crippen LogP contribution < -0.4 is 5.32 Å². The number of carbonyl (C=O) groups is 2. The molecule has 0 bridgehead atoms. The summed E-state index contributed by atoms with van der Waals surface area (Å²) >= 11 is 0. The first-order chi connectivity index (χ1) is 7.47. The highest BCUT2D eigenvalue weighted by Crippen LogP contribution is 2.16. The third-order valence-electron chi connectivity index (χ3n) is 1.78. The summed E-state index contributed by atoms with van der Waals surface area (Å²) < 4.78 is 23.1. The molecule has 1 atom stereocenters. The van der Waals surface area contributed by atoms with E-state index in [4.69, 9.17) is 4.74 Å². The van der Waals surface area contributed by atoms with Crippen LogP contribution in [-0.4, -0.2) is 36.5 Å². The molecule has 5 nitrogen and oxygen atoms in total. The Bertz CT molecular complexity index is 291. The van der Waals surface area contributed by atoms with Crippen molar-refractivity contribution in [2.24, 2.45) is 0 Å². The molecular formula is C11H20FNO4. The highest BCUT2D eigenvalue weighted by Gasteiger charge is 2.38. The Morgan fingerprint density at radius 3 is 1.94 bits per heavy atom. The van der Waals surface area contributed by atoms with Crippen LogP contribution in [0.25, 0.3) is 0 Å². The molecule has 0 saturated heterocycles. The molecule has 1 amide bonds. The van der Waals surface area contributed by atoms with E-state index in [2.05, 4.69) is 10.1 Å². The predicted octanol–water partition coefficient (Wildman–Crippen LogP) is 1.80. The molecule has 0 radical (unpaired) electrons. The Hall–Kier alpha value is -1.33. The van der Waals surface area contributed by atoms with Gasteiger partial charge in [-0.15, -0.1) is 0 Å². The maximum absolute atomic E-state index is 13.7. The molecule has 0 fully saturated rings. The fourth-order valence-electron chi connectivity index (χ4n) is 1.05. The normalized spacial score (nSPS) is 13.8. The number of esters is 1. The smallest absolute Gasteiger partial charge is 0.408 e. The van der Waals surface area contributed by atoms with E-state index >= 15 is 0 Å². The van der Waals surface area contributed by atoms with Crippen molar-refractivity contribution in [3.63, 3.8) is 0 Å². The molecule has 0 aliphatic heterocycles. The molecule has 1 N–H and O–H groups in total. The molecular weight excluding hydrogens is 229 g/mol. The molecule has 0 aliphatic carbocycles. The Morgan fingerprint density at radius 2 is 1.65 bits per heavy atom. The molecule has 0 spiro atoms. The molecule has 6 heteroatoms. The molecule has 100 valence electrons. The molecule has 17 heavy (non-hydrogen) atoms. The van der Waals surface area contributed by atoms with Gasteiger partial charge >= 0.3 is 12.1 Å². The zero-order chi connectivity index (χ0) is 13.9. The van der Waals surface area contributed by atoms with Crippen molar-refractivity contribution in [3.05, 3.63) is 0 Å². The average Bonchev–Trinajstić information content (AvgIpc) is 2.08. The number of nitrogens with one attached hydrogen (secondary N) is 1. The summed E-state index contributed by atoms with van der Waals surface area (Å²) in [4.78, 5) is 22.8. The average molecular weight is 249 g/mol. The highest BCUT2D eigenvalue weighted by atomic mass is 19.1. The minimum atomic E-state index is -1.94. The van der Waals surface area contributed by atoms with E-state index in [1.54, 1.807) is 20.8 Å². The maximum atomic E-state index is 13.7. The lowest BCUT2D eigenvalue weighted by atomic mass is 10.0. The Labute approximate surface area is 101 Å². The van der Waals surface area contributed by atoms with E-state index < -0.39 is 29.4 Å². The van der Waals surface area contributed by atoms with Gasteiger partial charge in [0.25, 0.3) is 0 Å². The zero-order valence-electron chi connectivity index (χ0n) is 11.1. The lowest BCUT2D eigenvalue weighted by Gasteiger charge is -2.27. The van der Waals surface area contributed by atoms with Gasteiger partial charge in [-0.05, 0) is 34.6 Å². The minimum Gasteiger partial charge on any atom is -0.467 e. The second-order valence-electron chi connectivity index (χ2n) is 5.17. The summed E-state index contributed by atoms with van der Waals surface area (Å²) in [6.07, 6.45) is -0.862. The van der Waals surface area contributed by atoms with Crippen molar-refractivity contribution in [3.8, 4) is 0 Å². The summed E-state index contributed by atoms with van der Waals surface area (Å²) in [6, 6.07) is -1.40. The van der Waals surface area contributed by atoms with Crippen LogP contribution in [0.4, 0.5) is 9.18 Å². The summed E-state index contributed by atoms with van der Waals surface area (Å²) in [5.41, 5.74) is -2.66. The fourth-order valence-corrected chi connectivity index (χ4v) is 1.05. The Kier molecular flexibility index (Phi) is 4.92. The van der Waals surface area contributed by atoms with Crippen LogP contribution in [-0.2, 0) is 14.3 Å². The topological polar surface area (TPSA) is 64.6 Å². The molecule has 0 aromatic heterocycles. The highest BCUT2D eigenvalue weighted by molar-refractivity contribution is 5.82. The first-order valence-corrected chi connectivity index (χ1v) is 5.23. The molecule has 0 aromatic carbocycles. The quantitative estimate of drug-likeness (QED) is 0.775. The fraction of sp³-hybridized carbons (Fsp3) is 0.818. The summed E-state index contributed by atoms with van der Waals surface area (Å²) in [6.45, 7) is 7.35. The lowest BCUT2D eigenvalue weighted by Crippen LogP contribution is -2.53. The number of methoxy groups -OCH3 is 1. The second-order valence-corrected chi connectivity index (χ2v) is 5.17. The Morgan fingerprint density at radius 1 is 1.18 bits per heavy atom. The van der Waals surface area contributed by atoms with Gasteiger partial charge in [0.05, 0.1) is 7.11 Å². The van der Waals surface area contributed by atoms with Crippen molar-refractivity contribution in [1.29, 1.82) is 0 Å².